The molecule has 118 valence electrons. The van der Waals surface area contributed by atoms with Crippen LogP contribution in [0.25, 0.3) is 0 Å². The molecule has 1 amide bonds. The normalized spacial score (nSPS) is 18.8. The Balaban J connectivity index is 2.34. The molecular weight excluding hydrogens is 250 g/mol. The van der Waals surface area contributed by atoms with Crippen molar-refractivity contribution in [2.24, 2.45) is 11.3 Å². The Labute approximate surface area is 124 Å². The van der Waals surface area contributed by atoms with Crippen LogP contribution in [0.1, 0.15) is 40.5 Å². The Bertz CT molecular complexity index is 305. The summed E-state index contributed by atoms with van der Waals surface area (Å²) in [5, 5.41) is 3.16. The van der Waals surface area contributed by atoms with Gasteiger partial charge in [-0.15, -0.1) is 0 Å². The van der Waals surface area contributed by atoms with Crippen molar-refractivity contribution >= 4 is 5.91 Å². The molecule has 0 aromatic rings. The van der Waals surface area contributed by atoms with E-state index in [4.69, 9.17) is 0 Å². The number of hydrogen-bond acceptors (Lipinski definition) is 3. The van der Waals surface area contributed by atoms with Gasteiger partial charge < -0.3 is 15.1 Å². The van der Waals surface area contributed by atoms with E-state index < -0.39 is 0 Å². The van der Waals surface area contributed by atoms with Gasteiger partial charge in [0.15, 0.2) is 0 Å². The molecule has 0 spiro atoms. The molecule has 1 aliphatic heterocycles. The molecule has 1 fully saturated rings. The topological polar surface area (TPSA) is 35.6 Å². The van der Waals surface area contributed by atoms with Gasteiger partial charge in [0.2, 0.25) is 5.91 Å². The Morgan fingerprint density at radius 1 is 1.30 bits per heavy atom. The van der Waals surface area contributed by atoms with Crippen LogP contribution in [0.3, 0.4) is 0 Å². The summed E-state index contributed by atoms with van der Waals surface area (Å²) in [6, 6.07) is 0.595. The summed E-state index contributed by atoms with van der Waals surface area (Å²) >= 11 is 0. The number of amides is 1. The number of carbonyl (C=O) groups excluding carboxylic acids is 1. The molecule has 0 aromatic heterocycles. The minimum Gasteiger partial charge on any atom is -0.355 e. The predicted octanol–water partition coefficient (Wildman–Crippen LogP) is 1.81. The van der Waals surface area contributed by atoms with Crippen LogP contribution in [-0.2, 0) is 4.79 Å². The maximum atomic E-state index is 12.3. The lowest BCUT2D eigenvalue weighted by molar-refractivity contribution is -0.127. The number of piperidine rings is 1. The Hall–Kier alpha value is -0.610. The van der Waals surface area contributed by atoms with Crippen molar-refractivity contribution in [3.8, 4) is 0 Å². The molecule has 1 rings (SSSR count). The standard InChI is InChI=1S/C16H33N3O/c1-13(2)19-9-7-14(8-10-19)15(20)17-11-16(3,4)12-18(5)6/h13-14H,7-12H2,1-6H3,(H,17,20). The van der Waals surface area contributed by atoms with Crippen LogP contribution in [-0.4, -0.2) is 62.0 Å². The number of likely N-dealkylation sites (tertiary alicyclic amines) is 1. The van der Waals surface area contributed by atoms with Gasteiger partial charge in [0.05, 0.1) is 0 Å². The molecule has 4 heteroatoms. The summed E-state index contributed by atoms with van der Waals surface area (Å²) in [6.07, 6.45) is 2.00. The fourth-order valence-electron chi connectivity index (χ4n) is 3.06. The zero-order valence-corrected chi connectivity index (χ0v) is 14.2. The summed E-state index contributed by atoms with van der Waals surface area (Å²) in [6.45, 7) is 12.7. The highest BCUT2D eigenvalue weighted by atomic mass is 16.1. The maximum absolute atomic E-state index is 12.3. The second kappa shape index (κ2) is 7.41. The highest BCUT2D eigenvalue weighted by Crippen LogP contribution is 2.20. The second-order valence-electron chi connectivity index (χ2n) is 7.52. The van der Waals surface area contributed by atoms with E-state index in [1.807, 2.05) is 0 Å². The zero-order chi connectivity index (χ0) is 15.3. The summed E-state index contributed by atoms with van der Waals surface area (Å²) in [4.78, 5) is 16.9. The third-order valence-electron chi connectivity index (χ3n) is 4.12. The molecule has 20 heavy (non-hydrogen) atoms. The lowest BCUT2D eigenvalue weighted by Crippen LogP contribution is -2.46. The number of carbonyl (C=O) groups is 1. The van der Waals surface area contributed by atoms with Crippen LogP contribution >= 0.6 is 0 Å². The lowest BCUT2D eigenvalue weighted by Gasteiger charge is -2.35. The average Bonchev–Trinajstić information content (AvgIpc) is 2.34. The van der Waals surface area contributed by atoms with E-state index in [0.717, 1.165) is 39.0 Å². The molecule has 1 aliphatic rings. The predicted molar refractivity (Wildman–Crippen MR) is 84.8 cm³/mol. The van der Waals surface area contributed by atoms with Gasteiger partial charge in [-0.3, -0.25) is 4.79 Å². The minimum atomic E-state index is 0.123. The van der Waals surface area contributed by atoms with Gasteiger partial charge in [0.1, 0.15) is 0 Å². The van der Waals surface area contributed by atoms with Crippen molar-refractivity contribution in [1.82, 2.24) is 15.1 Å². The first kappa shape index (κ1) is 17.4. The molecular formula is C16H33N3O. The summed E-state index contributed by atoms with van der Waals surface area (Å²) in [7, 11) is 4.15. The van der Waals surface area contributed by atoms with Gasteiger partial charge in [-0.25, -0.2) is 0 Å². The van der Waals surface area contributed by atoms with Gasteiger partial charge in [0, 0.05) is 25.0 Å². The zero-order valence-electron chi connectivity index (χ0n) is 14.2. The highest BCUT2D eigenvalue weighted by molar-refractivity contribution is 5.78. The first-order valence-corrected chi connectivity index (χ1v) is 7.88. The first-order chi connectivity index (χ1) is 9.21. The minimum absolute atomic E-state index is 0.123. The third-order valence-corrected chi connectivity index (χ3v) is 4.12. The summed E-state index contributed by atoms with van der Waals surface area (Å²) < 4.78 is 0. The molecule has 1 N–H and O–H groups in total. The van der Waals surface area contributed by atoms with Crippen molar-refractivity contribution in [2.75, 3.05) is 40.3 Å². The second-order valence-corrected chi connectivity index (χ2v) is 7.52. The van der Waals surface area contributed by atoms with Crippen molar-refractivity contribution in [3.05, 3.63) is 0 Å². The van der Waals surface area contributed by atoms with Crippen LogP contribution in [0.4, 0.5) is 0 Å². The van der Waals surface area contributed by atoms with E-state index in [-0.39, 0.29) is 17.2 Å². The monoisotopic (exact) mass is 283 g/mol. The van der Waals surface area contributed by atoms with Crippen LogP contribution in [0.2, 0.25) is 0 Å². The average molecular weight is 283 g/mol. The fourth-order valence-corrected chi connectivity index (χ4v) is 3.06. The molecule has 1 heterocycles. The van der Waals surface area contributed by atoms with E-state index in [1.54, 1.807) is 0 Å². The quantitative estimate of drug-likeness (QED) is 0.807. The van der Waals surface area contributed by atoms with Gasteiger partial charge in [-0.2, -0.15) is 0 Å². The van der Waals surface area contributed by atoms with Crippen LogP contribution in [0, 0.1) is 11.3 Å². The molecule has 0 aromatic carbocycles. The molecule has 0 atom stereocenters. The van der Waals surface area contributed by atoms with Crippen LogP contribution in [0.15, 0.2) is 0 Å². The molecule has 1 saturated heterocycles. The third kappa shape index (κ3) is 5.80. The van der Waals surface area contributed by atoms with E-state index >= 15 is 0 Å². The number of nitrogens with one attached hydrogen (secondary N) is 1. The molecule has 0 aliphatic carbocycles. The van der Waals surface area contributed by atoms with Gasteiger partial charge >= 0.3 is 0 Å². The number of rotatable bonds is 6. The smallest absolute Gasteiger partial charge is 0.223 e. The van der Waals surface area contributed by atoms with Crippen molar-refractivity contribution < 1.29 is 4.79 Å². The summed E-state index contributed by atoms with van der Waals surface area (Å²) in [5.41, 5.74) is 0.123. The fraction of sp³-hybridized carbons (Fsp3) is 0.938. The Morgan fingerprint density at radius 3 is 2.30 bits per heavy atom. The first-order valence-electron chi connectivity index (χ1n) is 7.88. The number of hydrogen-bond donors (Lipinski definition) is 1. The molecule has 0 radical (unpaired) electrons. The van der Waals surface area contributed by atoms with E-state index in [9.17, 15) is 4.79 Å². The van der Waals surface area contributed by atoms with Crippen LogP contribution < -0.4 is 5.32 Å². The van der Waals surface area contributed by atoms with Crippen LogP contribution in [0.5, 0.6) is 0 Å². The molecule has 0 bridgehead atoms. The van der Waals surface area contributed by atoms with E-state index in [0.29, 0.717) is 6.04 Å². The van der Waals surface area contributed by atoms with Crippen molar-refractivity contribution in [1.29, 1.82) is 0 Å². The SMILES string of the molecule is CC(C)N1CCC(C(=O)NCC(C)(C)CN(C)C)CC1. The Morgan fingerprint density at radius 2 is 1.85 bits per heavy atom. The van der Waals surface area contributed by atoms with Crippen molar-refractivity contribution in [2.45, 2.75) is 46.6 Å². The molecule has 4 nitrogen and oxygen atoms in total. The molecule has 0 unspecified atom stereocenters. The summed E-state index contributed by atoms with van der Waals surface area (Å²) in [5.74, 6) is 0.459. The van der Waals surface area contributed by atoms with Gasteiger partial charge in [0.25, 0.3) is 0 Å². The van der Waals surface area contributed by atoms with Gasteiger partial charge in [-0.05, 0) is 59.3 Å². The van der Waals surface area contributed by atoms with E-state index in [1.165, 1.54) is 0 Å². The highest BCUT2D eigenvalue weighted by Gasteiger charge is 2.27. The Kier molecular flexibility index (Phi) is 6.46. The number of nitrogens with zero attached hydrogens (tertiary/aromatic N) is 2. The van der Waals surface area contributed by atoms with E-state index in [2.05, 4.69) is 56.9 Å². The maximum Gasteiger partial charge on any atom is 0.223 e. The largest absolute Gasteiger partial charge is 0.355 e. The van der Waals surface area contributed by atoms with Gasteiger partial charge in [-0.1, -0.05) is 13.8 Å². The lowest BCUT2D eigenvalue weighted by atomic mass is 9.91. The molecule has 0 saturated carbocycles. The van der Waals surface area contributed by atoms with Crippen molar-refractivity contribution in [3.63, 3.8) is 0 Å².